The normalized spacial score (nSPS) is 25.9. The van der Waals surface area contributed by atoms with Gasteiger partial charge in [-0.05, 0) is 32.0 Å². The van der Waals surface area contributed by atoms with Gasteiger partial charge in [0.25, 0.3) is 0 Å². The van der Waals surface area contributed by atoms with Gasteiger partial charge < -0.3 is 10.2 Å². The van der Waals surface area contributed by atoms with Crippen molar-refractivity contribution in [1.29, 1.82) is 0 Å². The van der Waals surface area contributed by atoms with Crippen LogP contribution >= 0.6 is 23.2 Å². The molecule has 88 valence electrons. The first-order valence-corrected chi connectivity index (χ1v) is 6.28. The van der Waals surface area contributed by atoms with Gasteiger partial charge in [0.2, 0.25) is 0 Å². The third kappa shape index (κ3) is 2.45. The molecule has 1 saturated heterocycles. The Kier molecular flexibility index (Phi) is 3.63. The van der Waals surface area contributed by atoms with E-state index in [1.54, 1.807) is 0 Å². The van der Waals surface area contributed by atoms with Gasteiger partial charge in [0.15, 0.2) is 0 Å². The lowest BCUT2D eigenvalue weighted by Gasteiger charge is -2.39. The molecule has 0 amide bonds. The number of nitrogens with zero attached hydrogens (tertiary/aromatic N) is 1. The largest absolute Gasteiger partial charge is 0.366 e. The summed E-state index contributed by atoms with van der Waals surface area (Å²) in [4.78, 5) is 2.36. The second-order valence-corrected chi connectivity index (χ2v) is 5.22. The molecule has 0 radical (unpaired) electrons. The third-order valence-corrected chi connectivity index (χ3v) is 3.74. The Balaban J connectivity index is 2.24. The van der Waals surface area contributed by atoms with E-state index in [9.17, 15) is 0 Å². The molecule has 1 aromatic rings. The van der Waals surface area contributed by atoms with Crippen LogP contribution < -0.4 is 10.2 Å². The molecule has 1 N–H and O–H groups in total. The molecule has 0 unspecified atom stereocenters. The van der Waals surface area contributed by atoms with E-state index in [2.05, 4.69) is 24.1 Å². The van der Waals surface area contributed by atoms with Crippen LogP contribution in [0.4, 0.5) is 5.69 Å². The molecule has 0 aliphatic carbocycles. The van der Waals surface area contributed by atoms with E-state index >= 15 is 0 Å². The van der Waals surface area contributed by atoms with Crippen molar-refractivity contribution in [1.82, 2.24) is 5.32 Å². The Morgan fingerprint density at radius 3 is 2.69 bits per heavy atom. The van der Waals surface area contributed by atoms with Gasteiger partial charge in [-0.15, -0.1) is 0 Å². The summed E-state index contributed by atoms with van der Waals surface area (Å²) in [5, 5.41) is 4.69. The molecular weight excluding hydrogens is 243 g/mol. The molecule has 16 heavy (non-hydrogen) atoms. The fraction of sp³-hybridized carbons (Fsp3) is 0.500. The summed E-state index contributed by atoms with van der Waals surface area (Å²) in [6.07, 6.45) is 0. The predicted octanol–water partition coefficient (Wildman–Crippen LogP) is 3.18. The van der Waals surface area contributed by atoms with Gasteiger partial charge in [0.1, 0.15) is 0 Å². The van der Waals surface area contributed by atoms with Crippen molar-refractivity contribution in [3.8, 4) is 0 Å². The highest BCUT2D eigenvalue weighted by Crippen LogP contribution is 2.28. The van der Waals surface area contributed by atoms with Crippen LogP contribution in [-0.4, -0.2) is 25.2 Å². The molecule has 1 aromatic carbocycles. The molecule has 0 saturated carbocycles. The van der Waals surface area contributed by atoms with Crippen molar-refractivity contribution in [2.24, 2.45) is 0 Å². The fourth-order valence-electron chi connectivity index (χ4n) is 2.05. The van der Waals surface area contributed by atoms with Crippen LogP contribution in [0.3, 0.4) is 0 Å². The minimum atomic E-state index is 0.480. The van der Waals surface area contributed by atoms with Gasteiger partial charge >= 0.3 is 0 Å². The van der Waals surface area contributed by atoms with Crippen LogP contribution in [0.5, 0.6) is 0 Å². The number of anilines is 1. The van der Waals surface area contributed by atoms with E-state index in [1.165, 1.54) is 0 Å². The molecule has 0 bridgehead atoms. The molecular formula is C12H16Cl2N2. The molecule has 1 fully saturated rings. The maximum absolute atomic E-state index is 6.04. The van der Waals surface area contributed by atoms with E-state index < -0.39 is 0 Å². The first kappa shape index (κ1) is 12.0. The SMILES string of the molecule is C[C@@H]1CN[C@@H](C)CN1c1ccc(Cl)c(Cl)c1. The van der Waals surface area contributed by atoms with Gasteiger partial charge in [0, 0.05) is 30.9 Å². The summed E-state index contributed by atoms with van der Waals surface area (Å²) in [5.74, 6) is 0. The lowest BCUT2D eigenvalue weighted by molar-refractivity contribution is 0.425. The van der Waals surface area contributed by atoms with Crippen molar-refractivity contribution in [2.45, 2.75) is 25.9 Å². The number of hydrogen-bond acceptors (Lipinski definition) is 2. The number of halogens is 2. The minimum Gasteiger partial charge on any atom is -0.366 e. The number of piperazine rings is 1. The zero-order valence-electron chi connectivity index (χ0n) is 9.50. The Bertz CT molecular complexity index is 381. The van der Waals surface area contributed by atoms with E-state index in [-0.39, 0.29) is 0 Å². The lowest BCUT2D eigenvalue weighted by Crippen LogP contribution is -2.54. The molecule has 2 nitrogen and oxygen atoms in total. The van der Waals surface area contributed by atoms with E-state index in [0.29, 0.717) is 22.1 Å². The van der Waals surface area contributed by atoms with Gasteiger partial charge in [-0.25, -0.2) is 0 Å². The van der Waals surface area contributed by atoms with Gasteiger partial charge in [-0.1, -0.05) is 23.2 Å². The Morgan fingerprint density at radius 2 is 2.00 bits per heavy atom. The standard InChI is InChI=1S/C12H16Cl2N2/c1-8-7-16(9(2)6-15-8)10-3-4-11(13)12(14)5-10/h3-5,8-9,15H,6-7H2,1-2H3/t8-,9+/m0/s1. The van der Waals surface area contributed by atoms with Crippen molar-refractivity contribution >= 4 is 28.9 Å². The molecule has 2 atom stereocenters. The quantitative estimate of drug-likeness (QED) is 0.833. The maximum Gasteiger partial charge on any atom is 0.0612 e. The molecule has 0 spiro atoms. The number of rotatable bonds is 1. The second kappa shape index (κ2) is 4.82. The third-order valence-electron chi connectivity index (χ3n) is 3.00. The highest BCUT2D eigenvalue weighted by Gasteiger charge is 2.22. The van der Waals surface area contributed by atoms with Crippen molar-refractivity contribution < 1.29 is 0 Å². The van der Waals surface area contributed by atoms with Crippen molar-refractivity contribution in [2.75, 3.05) is 18.0 Å². The molecule has 2 rings (SSSR count). The highest BCUT2D eigenvalue weighted by atomic mass is 35.5. The summed E-state index contributed by atoms with van der Waals surface area (Å²) >= 11 is 12.0. The maximum atomic E-state index is 6.04. The number of hydrogen-bond donors (Lipinski definition) is 1. The smallest absolute Gasteiger partial charge is 0.0612 e. The molecule has 1 aliphatic rings. The zero-order valence-corrected chi connectivity index (χ0v) is 11.0. The number of nitrogens with one attached hydrogen (secondary N) is 1. The fourth-order valence-corrected chi connectivity index (χ4v) is 2.34. The van der Waals surface area contributed by atoms with Crippen LogP contribution in [0, 0.1) is 0 Å². The first-order chi connectivity index (χ1) is 7.58. The van der Waals surface area contributed by atoms with Crippen LogP contribution in [0.1, 0.15) is 13.8 Å². The minimum absolute atomic E-state index is 0.480. The summed E-state index contributed by atoms with van der Waals surface area (Å²) in [6, 6.07) is 6.82. The predicted molar refractivity (Wildman–Crippen MR) is 70.7 cm³/mol. The summed E-state index contributed by atoms with van der Waals surface area (Å²) in [5.41, 5.74) is 1.15. The van der Waals surface area contributed by atoms with Gasteiger partial charge in [-0.3, -0.25) is 0 Å². The molecule has 1 aliphatic heterocycles. The first-order valence-electron chi connectivity index (χ1n) is 5.53. The van der Waals surface area contributed by atoms with Crippen molar-refractivity contribution in [3.63, 3.8) is 0 Å². The molecule has 4 heteroatoms. The van der Waals surface area contributed by atoms with Gasteiger partial charge in [0.05, 0.1) is 10.0 Å². The van der Waals surface area contributed by atoms with E-state index in [1.807, 2.05) is 18.2 Å². The topological polar surface area (TPSA) is 15.3 Å². The van der Waals surface area contributed by atoms with Crippen LogP contribution in [0.2, 0.25) is 10.0 Å². The van der Waals surface area contributed by atoms with Crippen LogP contribution in [0.25, 0.3) is 0 Å². The average Bonchev–Trinajstić information content (AvgIpc) is 2.26. The van der Waals surface area contributed by atoms with Crippen LogP contribution in [-0.2, 0) is 0 Å². The Hall–Kier alpha value is -0.440. The van der Waals surface area contributed by atoms with Crippen LogP contribution in [0.15, 0.2) is 18.2 Å². The average molecular weight is 259 g/mol. The monoisotopic (exact) mass is 258 g/mol. The van der Waals surface area contributed by atoms with E-state index in [0.717, 1.165) is 18.8 Å². The van der Waals surface area contributed by atoms with Gasteiger partial charge in [-0.2, -0.15) is 0 Å². The Labute approximate surface area is 107 Å². The lowest BCUT2D eigenvalue weighted by atomic mass is 10.1. The zero-order chi connectivity index (χ0) is 11.7. The Morgan fingerprint density at radius 1 is 1.25 bits per heavy atom. The number of benzene rings is 1. The summed E-state index contributed by atoms with van der Waals surface area (Å²) in [6.45, 7) is 6.40. The summed E-state index contributed by atoms with van der Waals surface area (Å²) in [7, 11) is 0. The second-order valence-electron chi connectivity index (χ2n) is 4.41. The van der Waals surface area contributed by atoms with E-state index in [4.69, 9.17) is 23.2 Å². The summed E-state index contributed by atoms with van der Waals surface area (Å²) < 4.78 is 0. The molecule has 1 heterocycles. The molecule has 0 aromatic heterocycles. The van der Waals surface area contributed by atoms with Crippen molar-refractivity contribution in [3.05, 3.63) is 28.2 Å². The highest BCUT2D eigenvalue weighted by molar-refractivity contribution is 6.42.